The van der Waals surface area contributed by atoms with E-state index in [9.17, 15) is 14.8 Å². The zero-order chi connectivity index (χ0) is 20.6. The van der Waals surface area contributed by atoms with E-state index in [0.29, 0.717) is 24.6 Å². The molecule has 0 spiro atoms. The van der Waals surface area contributed by atoms with Gasteiger partial charge >= 0.3 is 7.12 Å². The Hall–Kier alpha value is -2.97. The van der Waals surface area contributed by atoms with E-state index in [2.05, 4.69) is 22.4 Å². The molecule has 1 amide bonds. The summed E-state index contributed by atoms with van der Waals surface area (Å²) in [7, 11) is -1.65. The predicted molar refractivity (Wildman–Crippen MR) is 110 cm³/mol. The molecule has 1 atom stereocenters. The molecular weight excluding hydrogens is 369 g/mol. The number of nitrogens with one attached hydrogen (secondary N) is 1. The van der Waals surface area contributed by atoms with Crippen LogP contribution in [-0.4, -0.2) is 39.2 Å². The molecule has 3 rings (SSSR count). The molecule has 0 saturated heterocycles. The Bertz CT molecular complexity index is 930. The lowest BCUT2D eigenvalue weighted by molar-refractivity contribution is -0.121. The first-order valence-corrected chi connectivity index (χ1v) is 9.66. The topological polar surface area (TPSA) is 108 Å². The lowest BCUT2D eigenvalue weighted by Crippen LogP contribution is -2.48. The minimum absolute atomic E-state index is 0.117. The maximum absolute atomic E-state index is 12.3. The van der Waals surface area contributed by atoms with Crippen molar-refractivity contribution < 1.29 is 19.4 Å². The van der Waals surface area contributed by atoms with Crippen molar-refractivity contribution in [3.8, 4) is 11.5 Å². The average molecular weight is 393 g/mol. The van der Waals surface area contributed by atoms with Crippen LogP contribution in [0, 0.1) is 0 Å². The number of rotatable bonds is 9. The Morgan fingerprint density at radius 3 is 2.62 bits per heavy atom. The zero-order valence-electron chi connectivity index (χ0n) is 16.3. The molecule has 1 unspecified atom stereocenters. The SMILES string of the molecule is CCc1cccc(CC(NC(=O)CCc2noc(-c3ccccc3)n2)B(O)O)c1. The predicted octanol–water partition coefficient (Wildman–Crippen LogP) is 1.97. The van der Waals surface area contributed by atoms with Crippen LogP contribution in [0.25, 0.3) is 11.5 Å². The molecule has 29 heavy (non-hydrogen) atoms. The van der Waals surface area contributed by atoms with Gasteiger partial charge in [-0.05, 0) is 36.1 Å². The standard InChI is InChI=1S/C21H24BN3O4/c1-2-15-7-6-8-16(13-15)14-18(22(27)28)23-20(26)12-11-19-24-21(29-25-19)17-9-4-3-5-10-17/h3-10,13,18,27-28H,2,11-12,14H2,1H3,(H,23,26). The molecule has 0 fully saturated rings. The summed E-state index contributed by atoms with van der Waals surface area (Å²) in [6.07, 6.45) is 1.63. The number of carbonyl (C=O) groups excluding carboxylic acids is 1. The van der Waals surface area contributed by atoms with Crippen LogP contribution in [0.4, 0.5) is 0 Å². The van der Waals surface area contributed by atoms with Crippen LogP contribution >= 0.6 is 0 Å². The fourth-order valence-electron chi connectivity index (χ4n) is 3.02. The van der Waals surface area contributed by atoms with Gasteiger partial charge in [-0.15, -0.1) is 0 Å². The van der Waals surface area contributed by atoms with Crippen LogP contribution in [0.3, 0.4) is 0 Å². The van der Waals surface area contributed by atoms with Gasteiger partial charge in [-0.1, -0.05) is 54.5 Å². The van der Waals surface area contributed by atoms with Gasteiger partial charge in [0.25, 0.3) is 5.89 Å². The van der Waals surface area contributed by atoms with Gasteiger partial charge in [0.2, 0.25) is 5.91 Å². The first-order chi connectivity index (χ1) is 14.0. The first kappa shape index (κ1) is 20.8. The molecule has 7 nitrogen and oxygen atoms in total. The van der Waals surface area contributed by atoms with Crippen molar-refractivity contribution >= 4 is 13.0 Å². The summed E-state index contributed by atoms with van der Waals surface area (Å²) in [5.74, 6) is -0.267. The average Bonchev–Trinajstić information content (AvgIpc) is 3.21. The molecule has 8 heteroatoms. The highest BCUT2D eigenvalue weighted by molar-refractivity contribution is 6.43. The van der Waals surface area contributed by atoms with Gasteiger partial charge < -0.3 is 19.9 Å². The molecular formula is C21H24BN3O4. The summed E-state index contributed by atoms with van der Waals surface area (Å²) < 4.78 is 5.23. The normalized spacial score (nSPS) is 11.8. The van der Waals surface area contributed by atoms with E-state index in [-0.39, 0.29) is 12.3 Å². The second-order valence-electron chi connectivity index (χ2n) is 6.85. The molecule has 150 valence electrons. The summed E-state index contributed by atoms with van der Waals surface area (Å²) >= 11 is 0. The van der Waals surface area contributed by atoms with Gasteiger partial charge in [0, 0.05) is 18.4 Å². The van der Waals surface area contributed by atoms with Crippen LogP contribution in [0.1, 0.15) is 30.3 Å². The number of carbonyl (C=O) groups is 1. The van der Waals surface area contributed by atoms with E-state index < -0.39 is 13.1 Å². The summed E-state index contributed by atoms with van der Waals surface area (Å²) in [6, 6.07) is 17.2. The van der Waals surface area contributed by atoms with Gasteiger partial charge in [0.1, 0.15) is 0 Å². The number of benzene rings is 2. The van der Waals surface area contributed by atoms with Crippen molar-refractivity contribution in [2.24, 2.45) is 0 Å². The number of hydrogen-bond acceptors (Lipinski definition) is 6. The molecule has 2 aromatic carbocycles. The molecule has 1 aromatic heterocycles. The van der Waals surface area contributed by atoms with Gasteiger partial charge in [0.05, 0.1) is 5.94 Å². The second-order valence-corrected chi connectivity index (χ2v) is 6.85. The summed E-state index contributed by atoms with van der Waals surface area (Å²) in [5, 5.41) is 25.9. The molecule has 0 bridgehead atoms. The fourth-order valence-corrected chi connectivity index (χ4v) is 3.02. The summed E-state index contributed by atoms with van der Waals surface area (Å²) in [5.41, 5.74) is 2.91. The van der Waals surface area contributed by atoms with Crippen molar-refractivity contribution in [2.45, 2.75) is 38.5 Å². The van der Waals surface area contributed by atoms with Crippen LogP contribution in [0.2, 0.25) is 0 Å². The van der Waals surface area contributed by atoms with E-state index in [1.165, 1.54) is 0 Å². The van der Waals surface area contributed by atoms with Crippen LogP contribution in [-0.2, 0) is 24.1 Å². The maximum Gasteiger partial charge on any atom is 0.475 e. The molecule has 1 heterocycles. The lowest BCUT2D eigenvalue weighted by Gasteiger charge is -2.18. The molecule has 0 saturated carbocycles. The van der Waals surface area contributed by atoms with E-state index in [1.54, 1.807) is 0 Å². The maximum atomic E-state index is 12.3. The van der Waals surface area contributed by atoms with Gasteiger partial charge in [-0.25, -0.2) is 0 Å². The minimum atomic E-state index is -1.65. The number of aryl methyl sites for hydroxylation is 2. The zero-order valence-corrected chi connectivity index (χ0v) is 16.3. The van der Waals surface area contributed by atoms with E-state index in [1.807, 2.05) is 54.6 Å². The highest BCUT2D eigenvalue weighted by atomic mass is 16.5. The summed E-state index contributed by atoms with van der Waals surface area (Å²) in [6.45, 7) is 2.06. The number of amides is 1. The monoisotopic (exact) mass is 393 g/mol. The molecule has 0 aliphatic carbocycles. The third-order valence-electron chi connectivity index (χ3n) is 4.63. The third-order valence-corrected chi connectivity index (χ3v) is 4.63. The molecule has 3 aromatic rings. The van der Waals surface area contributed by atoms with Crippen molar-refractivity contribution in [1.82, 2.24) is 15.5 Å². The fraction of sp³-hybridized carbons (Fsp3) is 0.286. The van der Waals surface area contributed by atoms with Crippen LogP contribution in [0.5, 0.6) is 0 Å². The van der Waals surface area contributed by atoms with Crippen LogP contribution < -0.4 is 5.32 Å². The van der Waals surface area contributed by atoms with Gasteiger partial charge in [-0.2, -0.15) is 4.98 Å². The smallest absolute Gasteiger partial charge is 0.426 e. The first-order valence-electron chi connectivity index (χ1n) is 9.66. The largest absolute Gasteiger partial charge is 0.475 e. The second kappa shape index (κ2) is 10.00. The Labute approximate surface area is 169 Å². The minimum Gasteiger partial charge on any atom is -0.426 e. The molecule has 3 N–H and O–H groups in total. The number of aromatic nitrogens is 2. The van der Waals surface area contributed by atoms with Crippen molar-refractivity contribution in [1.29, 1.82) is 0 Å². The van der Waals surface area contributed by atoms with Gasteiger partial charge in [0.15, 0.2) is 5.82 Å². The lowest BCUT2D eigenvalue weighted by atomic mass is 9.75. The molecule has 0 aliphatic heterocycles. The number of nitrogens with zero attached hydrogens (tertiary/aromatic N) is 2. The third kappa shape index (κ3) is 6.00. The Morgan fingerprint density at radius 2 is 1.90 bits per heavy atom. The Balaban J connectivity index is 1.55. The van der Waals surface area contributed by atoms with E-state index >= 15 is 0 Å². The highest BCUT2D eigenvalue weighted by Crippen LogP contribution is 2.16. The van der Waals surface area contributed by atoms with Crippen molar-refractivity contribution in [3.05, 3.63) is 71.5 Å². The van der Waals surface area contributed by atoms with Gasteiger partial charge in [-0.3, -0.25) is 4.79 Å². The molecule has 0 aliphatic rings. The van der Waals surface area contributed by atoms with Crippen LogP contribution in [0.15, 0.2) is 59.1 Å². The number of hydrogen-bond donors (Lipinski definition) is 3. The van der Waals surface area contributed by atoms with Crippen molar-refractivity contribution in [3.63, 3.8) is 0 Å². The molecule has 0 radical (unpaired) electrons. The van der Waals surface area contributed by atoms with E-state index in [4.69, 9.17) is 4.52 Å². The quantitative estimate of drug-likeness (QED) is 0.480. The highest BCUT2D eigenvalue weighted by Gasteiger charge is 2.25. The Morgan fingerprint density at radius 1 is 1.14 bits per heavy atom. The summed E-state index contributed by atoms with van der Waals surface area (Å²) in [4.78, 5) is 16.6. The Kier molecular flexibility index (Phi) is 7.16. The van der Waals surface area contributed by atoms with E-state index in [0.717, 1.165) is 23.1 Å². The van der Waals surface area contributed by atoms with Crippen molar-refractivity contribution in [2.75, 3.05) is 0 Å².